The number of benzene rings is 1. The van der Waals surface area contributed by atoms with Crippen molar-refractivity contribution in [3.8, 4) is 5.75 Å². The van der Waals surface area contributed by atoms with E-state index in [4.69, 9.17) is 10.5 Å². The molecule has 2 rings (SSSR count). The predicted octanol–water partition coefficient (Wildman–Crippen LogP) is 1.68. The Bertz CT molecular complexity index is 512. The van der Waals surface area contributed by atoms with Crippen molar-refractivity contribution in [3.63, 3.8) is 0 Å². The number of rotatable bonds is 4. The summed E-state index contributed by atoms with van der Waals surface area (Å²) in [7, 11) is 0. The number of ether oxygens (including phenoxy) is 1. The highest BCUT2D eigenvalue weighted by Gasteiger charge is 2.03. The van der Waals surface area contributed by atoms with E-state index in [1.54, 1.807) is 48.7 Å². The Kier molecular flexibility index (Phi) is 3.76. The summed E-state index contributed by atoms with van der Waals surface area (Å²) in [6.45, 7) is -0.0690. The maximum absolute atomic E-state index is 11.6. The summed E-state index contributed by atoms with van der Waals surface area (Å²) in [5.41, 5.74) is 6.19. The van der Waals surface area contributed by atoms with Crippen LogP contribution >= 0.6 is 0 Å². The van der Waals surface area contributed by atoms with Gasteiger partial charge in [0.2, 0.25) is 0 Å². The predicted molar refractivity (Wildman–Crippen MR) is 69.2 cm³/mol. The number of hydrogen-bond acceptors (Lipinski definition) is 4. The van der Waals surface area contributed by atoms with Crippen LogP contribution in [0.15, 0.2) is 48.7 Å². The Labute approximate surface area is 105 Å². The number of nitrogens with one attached hydrogen (secondary N) is 1. The Balaban J connectivity index is 1.83. The highest BCUT2D eigenvalue weighted by molar-refractivity contribution is 5.90. The lowest BCUT2D eigenvalue weighted by Gasteiger charge is -2.06. The number of nitrogen functional groups attached to an aromatic ring is 1. The summed E-state index contributed by atoms with van der Waals surface area (Å²) in [6.07, 6.45) is 1.61. The first-order valence-electron chi connectivity index (χ1n) is 5.43. The van der Waals surface area contributed by atoms with Crippen molar-refractivity contribution >= 4 is 17.4 Å². The quantitative estimate of drug-likeness (QED) is 0.801. The lowest BCUT2D eigenvalue weighted by atomic mass is 10.3. The monoisotopic (exact) mass is 243 g/mol. The van der Waals surface area contributed by atoms with E-state index in [1.165, 1.54) is 0 Å². The highest BCUT2D eigenvalue weighted by atomic mass is 16.5. The van der Waals surface area contributed by atoms with Crippen LogP contribution in [0, 0.1) is 0 Å². The first-order valence-corrected chi connectivity index (χ1v) is 5.43. The number of pyridine rings is 1. The van der Waals surface area contributed by atoms with E-state index < -0.39 is 0 Å². The minimum atomic E-state index is -0.259. The zero-order chi connectivity index (χ0) is 12.8. The average molecular weight is 243 g/mol. The third-order valence-electron chi connectivity index (χ3n) is 2.18. The maximum atomic E-state index is 11.6. The molecule has 1 aromatic carbocycles. The van der Waals surface area contributed by atoms with Crippen LogP contribution in [0.1, 0.15) is 0 Å². The lowest BCUT2D eigenvalue weighted by molar-refractivity contribution is -0.118. The molecule has 1 amide bonds. The Morgan fingerprint density at radius 2 is 2.00 bits per heavy atom. The fraction of sp³-hybridized carbons (Fsp3) is 0.0769. The van der Waals surface area contributed by atoms with Gasteiger partial charge in [-0.3, -0.25) is 4.79 Å². The summed E-state index contributed by atoms with van der Waals surface area (Å²) < 4.78 is 5.30. The summed E-state index contributed by atoms with van der Waals surface area (Å²) in [5.74, 6) is 0.842. The molecule has 2 aromatic rings. The summed E-state index contributed by atoms with van der Waals surface area (Å²) in [5, 5.41) is 2.62. The van der Waals surface area contributed by atoms with Crippen LogP contribution < -0.4 is 15.8 Å². The SMILES string of the molecule is Nc1ccc(OCC(=O)Nc2ccccn2)cc1. The molecule has 0 aliphatic rings. The van der Waals surface area contributed by atoms with E-state index in [0.29, 0.717) is 17.3 Å². The maximum Gasteiger partial charge on any atom is 0.263 e. The van der Waals surface area contributed by atoms with Crippen molar-refractivity contribution in [2.24, 2.45) is 0 Å². The van der Waals surface area contributed by atoms with Crippen molar-refractivity contribution in [1.29, 1.82) is 0 Å². The van der Waals surface area contributed by atoms with Crippen LogP contribution in [0.25, 0.3) is 0 Å². The highest BCUT2D eigenvalue weighted by Crippen LogP contribution is 2.12. The molecule has 0 saturated carbocycles. The Hall–Kier alpha value is -2.56. The topological polar surface area (TPSA) is 77.2 Å². The number of carbonyl (C=O) groups is 1. The van der Waals surface area contributed by atoms with Gasteiger partial charge in [-0.2, -0.15) is 0 Å². The molecule has 0 saturated heterocycles. The minimum absolute atomic E-state index is 0.0690. The van der Waals surface area contributed by atoms with Gasteiger partial charge in [-0.05, 0) is 36.4 Å². The molecule has 0 bridgehead atoms. The molecule has 0 radical (unpaired) electrons. The smallest absolute Gasteiger partial charge is 0.263 e. The summed E-state index contributed by atoms with van der Waals surface area (Å²) in [6, 6.07) is 12.1. The summed E-state index contributed by atoms with van der Waals surface area (Å²) in [4.78, 5) is 15.5. The van der Waals surface area contributed by atoms with E-state index in [-0.39, 0.29) is 12.5 Å². The molecule has 0 fully saturated rings. The summed E-state index contributed by atoms with van der Waals surface area (Å²) >= 11 is 0. The largest absolute Gasteiger partial charge is 0.484 e. The first-order chi connectivity index (χ1) is 8.74. The zero-order valence-electron chi connectivity index (χ0n) is 9.67. The molecule has 3 N–H and O–H groups in total. The van der Waals surface area contributed by atoms with E-state index in [0.717, 1.165) is 0 Å². The van der Waals surface area contributed by atoms with Crippen LogP contribution in [-0.2, 0) is 4.79 Å². The van der Waals surface area contributed by atoms with Gasteiger partial charge in [0.1, 0.15) is 11.6 Å². The molecule has 5 heteroatoms. The van der Waals surface area contributed by atoms with E-state index in [1.807, 2.05) is 0 Å². The van der Waals surface area contributed by atoms with Crippen LogP contribution in [0.5, 0.6) is 5.75 Å². The molecule has 92 valence electrons. The Morgan fingerprint density at radius 3 is 2.67 bits per heavy atom. The molecule has 18 heavy (non-hydrogen) atoms. The molecule has 0 atom stereocenters. The van der Waals surface area contributed by atoms with Crippen LogP contribution in [0.2, 0.25) is 0 Å². The fourth-order valence-electron chi connectivity index (χ4n) is 1.33. The van der Waals surface area contributed by atoms with Crippen LogP contribution in [0.4, 0.5) is 11.5 Å². The van der Waals surface area contributed by atoms with E-state index >= 15 is 0 Å². The van der Waals surface area contributed by atoms with Gasteiger partial charge in [0.15, 0.2) is 6.61 Å². The minimum Gasteiger partial charge on any atom is -0.484 e. The standard InChI is InChI=1S/C13H13N3O2/c14-10-4-6-11(7-5-10)18-9-13(17)16-12-3-1-2-8-15-12/h1-8H,9,14H2,(H,15,16,17). The van der Waals surface area contributed by atoms with Gasteiger partial charge in [0.25, 0.3) is 5.91 Å². The number of carbonyl (C=O) groups excluding carboxylic acids is 1. The molecule has 5 nitrogen and oxygen atoms in total. The third kappa shape index (κ3) is 3.48. The van der Waals surface area contributed by atoms with Gasteiger partial charge >= 0.3 is 0 Å². The van der Waals surface area contributed by atoms with Gasteiger partial charge in [-0.25, -0.2) is 4.98 Å². The molecule has 0 spiro atoms. The number of nitrogens with zero attached hydrogens (tertiary/aromatic N) is 1. The molecule has 0 aliphatic carbocycles. The number of hydrogen-bond donors (Lipinski definition) is 2. The Morgan fingerprint density at radius 1 is 1.22 bits per heavy atom. The zero-order valence-corrected chi connectivity index (χ0v) is 9.67. The number of anilines is 2. The number of aromatic nitrogens is 1. The second kappa shape index (κ2) is 5.67. The van der Waals surface area contributed by atoms with E-state index in [2.05, 4.69) is 10.3 Å². The van der Waals surface area contributed by atoms with Gasteiger partial charge in [0.05, 0.1) is 0 Å². The normalized spacial score (nSPS) is 9.78. The fourth-order valence-corrected chi connectivity index (χ4v) is 1.33. The second-order valence-corrected chi connectivity index (χ2v) is 3.62. The molecule has 0 aliphatic heterocycles. The second-order valence-electron chi connectivity index (χ2n) is 3.62. The molecule has 1 heterocycles. The van der Waals surface area contributed by atoms with Crippen LogP contribution in [-0.4, -0.2) is 17.5 Å². The lowest BCUT2D eigenvalue weighted by Crippen LogP contribution is -2.20. The van der Waals surface area contributed by atoms with Gasteiger partial charge in [-0.15, -0.1) is 0 Å². The molecule has 1 aromatic heterocycles. The molecular weight excluding hydrogens is 230 g/mol. The number of amides is 1. The van der Waals surface area contributed by atoms with Crippen molar-refractivity contribution in [2.45, 2.75) is 0 Å². The van der Waals surface area contributed by atoms with Crippen molar-refractivity contribution in [1.82, 2.24) is 4.98 Å². The van der Waals surface area contributed by atoms with E-state index in [9.17, 15) is 4.79 Å². The van der Waals surface area contributed by atoms with Crippen LogP contribution in [0.3, 0.4) is 0 Å². The first kappa shape index (κ1) is 11.9. The van der Waals surface area contributed by atoms with Crippen molar-refractivity contribution in [3.05, 3.63) is 48.7 Å². The third-order valence-corrected chi connectivity index (χ3v) is 2.18. The van der Waals surface area contributed by atoms with Gasteiger partial charge in [-0.1, -0.05) is 6.07 Å². The van der Waals surface area contributed by atoms with Crippen molar-refractivity contribution in [2.75, 3.05) is 17.7 Å². The van der Waals surface area contributed by atoms with Gasteiger partial charge < -0.3 is 15.8 Å². The molecular formula is C13H13N3O2. The van der Waals surface area contributed by atoms with Crippen molar-refractivity contribution < 1.29 is 9.53 Å². The van der Waals surface area contributed by atoms with Gasteiger partial charge in [0, 0.05) is 11.9 Å². The average Bonchev–Trinajstić information content (AvgIpc) is 2.39. The number of nitrogens with two attached hydrogens (primary N) is 1. The molecule has 0 unspecified atom stereocenters.